The Kier molecular flexibility index (Phi) is 3.03. The van der Waals surface area contributed by atoms with Gasteiger partial charge in [0.05, 0.1) is 12.0 Å². The number of fused-ring (bicyclic) bond motifs is 1. The highest BCUT2D eigenvalue weighted by Crippen LogP contribution is 2.27. The second-order valence-corrected chi connectivity index (χ2v) is 5.14. The Bertz CT molecular complexity index is 571. The second kappa shape index (κ2) is 4.70. The Morgan fingerprint density at radius 3 is 2.95 bits per heavy atom. The first-order valence-electron chi connectivity index (χ1n) is 6.60. The molecule has 1 aliphatic heterocycles. The van der Waals surface area contributed by atoms with Gasteiger partial charge >= 0.3 is 0 Å². The Balaban J connectivity index is 1.82. The highest BCUT2D eigenvalue weighted by atomic mass is 16.3. The number of aliphatic hydroxyl groups is 1. The van der Waals surface area contributed by atoms with E-state index in [9.17, 15) is 9.90 Å². The molecule has 1 aromatic heterocycles. The van der Waals surface area contributed by atoms with E-state index in [1.807, 2.05) is 37.3 Å². The fourth-order valence-corrected chi connectivity index (χ4v) is 2.55. The van der Waals surface area contributed by atoms with Crippen LogP contribution in [0, 0.1) is 0 Å². The van der Waals surface area contributed by atoms with Crippen LogP contribution in [-0.2, 0) is 4.79 Å². The first-order chi connectivity index (χ1) is 9.15. The van der Waals surface area contributed by atoms with Crippen molar-refractivity contribution in [3.05, 3.63) is 36.1 Å². The van der Waals surface area contributed by atoms with Crippen molar-refractivity contribution in [2.45, 2.75) is 25.4 Å². The fraction of sp³-hybridized carbons (Fsp3) is 0.400. The fourth-order valence-electron chi connectivity index (χ4n) is 2.55. The molecule has 1 aliphatic rings. The molecule has 0 radical (unpaired) electrons. The lowest BCUT2D eigenvalue weighted by Gasteiger charge is -2.19. The number of hydrogen-bond acceptors (Lipinski definition) is 3. The average Bonchev–Trinajstić information content (AvgIpc) is 3.02. The second-order valence-electron chi connectivity index (χ2n) is 5.14. The summed E-state index contributed by atoms with van der Waals surface area (Å²) in [5.41, 5.74) is 0.804. The quantitative estimate of drug-likeness (QED) is 0.899. The number of benzene rings is 1. The highest BCUT2D eigenvalue weighted by Gasteiger charge is 2.30. The van der Waals surface area contributed by atoms with E-state index in [1.165, 1.54) is 0 Å². The number of carbonyl (C=O) groups excluding carboxylic acids is 1. The number of hydrogen-bond donors (Lipinski definition) is 1. The topological polar surface area (TPSA) is 53.7 Å². The number of nitrogens with zero attached hydrogens (tertiary/aromatic N) is 1. The molecule has 1 unspecified atom stereocenters. The third-order valence-corrected chi connectivity index (χ3v) is 3.72. The zero-order valence-electron chi connectivity index (χ0n) is 10.9. The molecule has 2 aromatic rings. The lowest BCUT2D eigenvalue weighted by atomic mass is 10.1. The van der Waals surface area contributed by atoms with E-state index in [0.29, 0.717) is 25.3 Å². The summed E-state index contributed by atoms with van der Waals surface area (Å²) in [5, 5.41) is 10.5. The lowest BCUT2D eigenvalue weighted by Crippen LogP contribution is -2.32. The number of aliphatic hydroxyl groups excluding tert-OH is 1. The van der Waals surface area contributed by atoms with E-state index >= 15 is 0 Å². The summed E-state index contributed by atoms with van der Waals surface area (Å²) in [6, 6.07) is 9.66. The molecule has 0 aliphatic carbocycles. The van der Waals surface area contributed by atoms with Crippen LogP contribution in [0.3, 0.4) is 0 Å². The van der Waals surface area contributed by atoms with Gasteiger partial charge in [0, 0.05) is 18.5 Å². The molecule has 0 spiro atoms. The summed E-state index contributed by atoms with van der Waals surface area (Å²) >= 11 is 0. The Labute approximate surface area is 111 Å². The molecule has 3 rings (SSSR count). The Morgan fingerprint density at radius 2 is 2.26 bits per heavy atom. The lowest BCUT2D eigenvalue weighted by molar-refractivity contribution is -0.132. The minimum atomic E-state index is -0.383. The van der Waals surface area contributed by atoms with Crippen LogP contribution in [0.4, 0.5) is 0 Å². The maximum atomic E-state index is 12.3. The Morgan fingerprint density at radius 1 is 1.47 bits per heavy atom. The highest BCUT2D eigenvalue weighted by molar-refractivity contribution is 5.85. The average molecular weight is 259 g/mol. The molecule has 100 valence electrons. The van der Waals surface area contributed by atoms with Gasteiger partial charge in [0.2, 0.25) is 5.91 Å². The molecule has 0 saturated carbocycles. The summed E-state index contributed by atoms with van der Waals surface area (Å²) in [5.74, 6) is 0.404. The molecule has 19 heavy (non-hydrogen) atoms. The van der Waals surface area contributed by atoms with Crippen molar-refractivity contribution >= 4 is 16.9 Å². The predicted octanol–water partition coefficient (Wildman–Crippen LogP) is 2.13. The van der Waals surface area contributed by atoms with Crippen molar-refractivity contribution in [2.75, 3.05) is 13.1 Å². The van der Waals surface area contributed by atoms with Gasteiger partial charge < -0.3 is 14.4 Å². The van der Waals surface area contributed by atoms with E-state index in [0.717, 1.165) is 11.0 Å². The molecular weight excluding hydrogens is 242 g/mol. The zero-order chi connectivity index (χ0) is 13.4. The molecule has 1 saturated heterocycles. The standard InChI is InChI=1S/C15H17NO3/c1-10(15(18)16-7-6-12(17)9-16)14-8-11-4-2-3-5-13(11)19-14/h2-5,8,10,12,17H,6-7,9H2,1H3/t10?,12-/m0/s1. The van der Waals surface area contributed by atoms with Crippen molar-refractivity contribution in [2.24, 2.45) is 0 Å². The largest absolute Gasteiger partial charge is 0.460 e. The molecule has 2 atom stereocenters. The predicted molar refractivity (Wildman–Crippen MR) is 71.8 cm³/mol. The van der Waals surface area contributed by atoms with Crippen LogP contribution in [0.5, 0.6) is 0 Å². The van der Waals surface area contributed by atoms with Gasteiger partial charge in [-0.2, -0.15) is 0 Å². The third-order valence-electron chi connectivity index (χ3n) is 3.72. The molecular formula is C15H17NO3. The van der Waals surface area contributed by atoms with E-state index in [-0.39, 0.29) is 17.9 Å². The Hall–Kier alpha value is -1.81. The molecule has 1 amide bonds. The molecule has 1 N–H and O–H groups in total. The molecule has 1 aromatic carbocycles. The van der Waals surface area contributed by atoms with Gasteiger partial charge in [0.1, 0.15) is 11.3 Å². The summed E-state index contributed by atoms with van der Waals surface area (Å²) < 4.78 is 5.73. The number of likely N-dealkylation sites (tertiary alicyclic amines) is 1. The van der Waals surface area contributed by atoms with Gasteiger partial charge in [0.25, 0.3) is 0 Å². The smallest absolute Gasteiger partial charge is 0.233 e. The van der Waals surface area contributed by atoms with Crippen LogP contribution in [0.15, 0.2) is 34.7 Å². The summed E-state index contributed by atoms with van der Waals surface area (Å²) in [6.45, 7) is 2.92. The van der Waals surface area contributed by atoms with Crippen molar-refractivity contribution < 1.29 is 14.3 Å². The number of β-amino-alcohol motifs (C(OH)–C–C–N with tert-alkyl or cyclic N) is 1. The van der Waals surface area contributed by atoms with Crippen LogP contribution in [0.25, 0.3) is 11.0 Å². The summed E-state index contributed by atoms with van der Waals surface area (Å²) in [4.78, 5) is 14.0. The van der Waals surface area contributed by atoms with Crippen LogP contribution >= 0.6 is 0 Å². The number of amides is 1. The van der Waals surface area contributed by atoms with E-state index < -0.39 is 0 Å². The maximum Gasteiger partial charge on any atom is 0.233 e. The maximum absolute atomic E-state index is 12.3. The third kappa shape index (κ3) is 2.24. The van der Waals surface area contributed by atoms with E-state index in [4.69, 9.17) is 4.42 Å². The minimum Gasteiger partial charge on any atom is -0.460 e. The van der Waals surface area contributed by atoms with Crippen LogP contribution in [0.1, 0.15) is 25.0 Å². The van der Waals surface area contributed by atoms with Crippen LogP contribution in [0.2, 0.25) is 0 Å². The number of rotatable bonds is 2. The number of carbonyl (C=O) groups is 1. The number of furan rings is 1. The van der Waals surface area contributed by atoms with Crippen LogP contribution in [-0.4, -0.2) is 35.1 Å². The zero-order valence-corrected chi connectivity index (χ0v) is 10.9. The van der Waals surface area contributed by atoms with Gasteiger partial charge in [-0.1, -0.05) is 18.2 Å². The van der Waals surface area contributed by atoms with Crippen LogP contribution < -0.4 is 0 Å². The molecule has 1 fully saturated rings. The van der Waals surface area contributed by atoms with Crippen molar-refractivity contribution in [1.82, 2.24) is 4.90 Å². The monoisotopic (exact) mass is 259 g/mol. The molecule has 2 heterocycles. The van der Waals surface area contributed by atoms with E-state index in [1.54, 1.807) is 4.90 Å². The van der Waals surface area contributed by atoms with Gasteiger partial charge in [0.15, 0.2) is 0 Å². The molecule has 4 nitrogen and oxygen atoms in total. The SMILES string of the molecule is CC(C(=O)N1CC[C@H](O)C1)c1cc2ccccc2o1. The van der Waals surface area contributed by atoms with Crippen molar-refractivity contribution in [3.63, 3.8) is 0 Å². The normalized spacial score (nSPS) is 20.9. The summed E-state index contributed by atoms with van der Waals surface area (Å²) in [6.07, 6.45) is 0.283. The van der Waals surface area contributed by atoms with Crippen molar-refractivity contribution in [1.29, 1.82) is 0 Å². The van der Waals surface area contributed by atoms with Gasteiger partial charge in [-0.05, 0) is 25.5 Å². The molecule has 0 bridgehead atoms. The number of para-hydroxylation sites is 1. The summed E-state index contributed by atoms with van der Waals surface area (Å²) in [7, 11) is 0. The first kappa shape index (κ1) is 12.2. The minimum absolute atomic E-state index is 0.0237. The van der Waals surface area contributed by atoms with Crippen molar-refractivity contribution in [3.8, 4) is 0 Å². The van der Waals surface area contributed by atoms with Gasteiger partial charge in [-0.15, -0.1) is 0 Å². The first-order valence-corrected chi connectivity index (χ1v) is 6.60. The van der Waals surface area contributed by atoms with Gasteiger partial charge in [-0.3, -0.25) is 4.79 Å². The van der Waals surface area contributed by atoms with E-state index in [2.05, 4.69) is 0 Å². The molecule has 4 heteroatoms. The van der Waals surface area contributed by atoms with Gasteiger partial charge in [-0.25, -0.2) is 0 Å².